The minimum atomic E-state index is -4.96. The summed E-state index contributed by atoms with van der Waals surface area (Å²) in [5.74, 6) is -0.0162. The summed E-state index contributed by atoms with van der Waals surface area (Å²) in [5.41, 5.74) is 3.93. The zero-order valence-corrected chi connectivity index (χ0v) is 23.6. The fraction of sp³-hybridized carbons (Fsp3) is 0.310. The molecule has 6 rings (SSSR count). The quantitative estimate of drug-likeness (QED) is 0.260. The average Bonchev–Trinajstić information content (AvgIpc) is 3.40. The number of fused-ring (bicyclic) bond motifs is 1. The maximum Gasteiger partial charge on any atom is 0.573 e. The number of nitrogens with zero attached hydrogens (tertiary/aromatic N) is 7. The Morgan fingerprint density at radius 3 is 2.48 bits per heavy atom. The van der Waals surface area contributed by atoms with Gasteiger partial charge in [-0.05, 0) is 37.1 Å². The van der Waals surface area contributed by atoms with Crippen LogP contribution in [0.25, 0.3) is 39.2 Å². The van der Waals surface area contributed by atoms with Gasteiger partial charge in [0.05, 0.1) is 30.1 Å². The molecule has 0 aliphatic heterocycles. The number of hydrogen-bond acceptors (Lipinski definition) is 6. The molecule has 2 aromatic carbocycles. The molecule has 3 heterocycles. The summed E-state index contributed by atoms with van der Waals surface area (Å²) in [5, 5.41) is 9.86. The largest absolute Gasteiger partial charge is 0.573 e. The van der Waals surface area contributed by atoms with Crippen molar-refractivity contribution in [2.24, 2.45) is 14.1 Å². The summed E-state index contributed by atoms with van der Waals surface area (Å²) in [6.45, 7) is 0. The highest BCUT2D eigenvalue weighted by molar-refractivity contribution is 5.96. The maximum atomic E-state index is 13.5. The molecule has 0 radical (unpaired) electrons. The number of aryl methyl sites for hydroxylation is 1. The number of carbonyl (C=O) groups excluding carboxylic acids is 1. The van der Waals surface area contributed by atoms with Crippen LogP contribution >= 0.6 is 0 Å². The molecule has 0 bridgehead atoms. The zero-order chi connectivity index (χ0) is 29.9. The summed E-state index contributed by atoms with van der Waals surface area (Å²) < 4.78 is 55.6. The van der Waals surface area contributed by atoms with Gasteiger partial charge in [-0.25, -0.2) is 9.67 Å². The van der Waals surface area contributed by atoms with Crippen molar-refractivity contribution in [1.29, 1.82) is 0 Å². The lowest BCUT2D eigenvalue weighted by Crippen LogP contribution is -2.22. The Kier molecular flexibility index (Phi) is 6.47. The van der Waals surface area contributed by atoms with Gasteiger partial charge in [0.1, 0.15) is 17.3 Å². The number of carbonyl (C=O) groups is 1. The summed E-state index contributed by atoms with van der Waals surface area (Å²) in [6.07, 6.45) is 0.586. The number of amides is 1. The van der Waals surface area contributed by atoms with E-state index in [1.54, 1.807) is 29.7 Å². The Morgan fingerprint density at radius 1 is 1.05 bits per heavy atom. The highest BCUT2D eigenvalue weighted by atomic mass is 19.4. The van der Waals surface area contributed by atoms with E-state index in [4.69, 9.17) is 14.8 Å². The highest BCUT2D eigenvalue weighted by Crippen LogP contribution is 2.47. The predicted octanol–water partition coefficient (Wildman–Crippen LogP) is 5.31. The Bertz CT molecular complexity index is 1830. The molecule has 5 aromatic rings. The van der Waals surface area contributed by atoms with E-state index in [0.717, 1.165) is 35.6 Å². The van der Waals surface area contributed by atoms with Gasteiger partial charge in [0.2, 0.25) is 0 Å². The molecular formula is C29H28F3N7O3. The number of imidazole rings is 1. The molecule has 10 nitrogen and oxygen atoms in total. The second kappa shape index (κ2) is 9.93. The topological polar surface area (TPSA) is 92.2 Å². The van der Waals surface area contributed by atoms with Gasteiger partial charge in [0.25, 0.3) is 11.8 Å². The van der Waals surface area contributed by atoms with E-state index >= 15 is 0 Å². The maximum absolute atomic E-state index is 13.5. The summed E-state index contributed by atoms with van der Waals surface area (Å²) in [6, 6.07) is 9.74. The van der Waals surface area contributed by atoms with E-state index in [-0.39, 0.29) is 17.0 Å². The summed E-state index contributed by atoms with van der Waals surface area (Å²) >= 11 is 0. The third-order valence-corrected chi connectivity index (χ3v) is 7.23. The van der Waals surface area contributed by atoms with Crippen LogP contribution in [0.1, 0.15) is 34.8 Å². The van der Waals surface area contributed by atoms with Gasteiger partial charge in [0, 0.05) is 62.5 Å². The molecule has 0 unspecified atom stereocenters. The van der Waals surface area contributed by atoms with E-state index in [0.29, 0.717) is 28.6 Å². The number of methoxy groups -OCH3 is 1. The molecule has 1 fully saturated rings. The van der Waals surface area contributed by atoms with Crippen molar-refractivity contribution < 1.29 is 27.4 Å². The lowest BCUT2D eigenvalue weighted by Gasteiger charge is -2.16. The van der Waals surface area contributed by atoms with E-state index in [1.807, 2.05) is 29.0 Å². The first-order valence-electron chi connectivity index (χ1n) is 13.2. The van der Waals surface area contributed by atoms with E-state index in [1.165, 1.54) is 38.2 Å². The van der Waals surface area contributed by atoms with Crippen LogP contribution in [-0.2, 0) is 14.1 Å². The van der Waals surface area contributed by atoms with Crippen LogP contribution in [0, 0.1) is 0 Å². The van der Waals surface area contributed by atoms with Crippen molar-refractivity contribution in [3.8, 4) is 40.0 Å². The first-order valence-corrected chi connectivity index (χ1v) is 13.2. The Morgan fingerprint density at radius 2 is 1.81 bits per heavy atom. The lowest BCUT2D eigenvalue weighted by molar-refractivity contribution is -0.274. The van der Waals surface area contributed by atoms with Crippen LogP contribution in [-0.4, -0.2) is 67.5 Å². The van der Waals surface area contributed by atoms with E-state index in [9.17, 15) is 18.0 Å². The van der Waals surface area contributed by atoms with Crippen LogP contribution in [0.5, 0.6) is 11.6 Å². The molecule has 3 aromatic heterocycles. The molecule has 0 N–H and O–H groups in total. The van der Waals surface area contributed by atoms with Gasteiger partial charge in [-0.3, -0.25) is 9.48 Å². The van der Waals surface area contributed by atoms with Gasteiger partial charge in [-0.15, -0.1) is 18.3 Å². The number of benzene rings is 2. The van der Waals surface area contributed by atoms with Crippen LogP contribution in [0.15, 0.2) is 48.8 Å². The van der Waals surface area contributed by atoms with Crippen molar-refractivity contribution in [3.05, 3.63) is 60.0 Å². The fourth-order valence-electron chi connectivity index (χ4n) is 5.21. The third kappa shape index (κ3) is 4.84. The molecule has 1 amide bonds. The van der Waals surface area contributed by atoms with Gasteiger partial charge in [-0.1, -0.05) is 12.1 Å². The van der Waals surface area contributed by atoms with Crippen LogP contribution in [0.2, 0.25) is 0 Å². The van der Waals surface area contributed by atoms with Crippen molar-refractivity contribution in [1.82, 2.24) is 34.0 Å². The Labute approximate surface area is 238 Å². The van der Waals surface area contributed by atoms with Crippen molar-refractivity contribution in [2.45, 2.75) is 25.1 Å². The smallest absolute Gasteiger partial charge is 0.478 e. The minimum absolute atomic E-state index is 0.0721. The van der Waals surface area contributed by atoms with Gasteiger partial charge in [-0.2, -0.15) is 5.10 Å². The molecular weight excluding hydrogens is 551 g/mol. The summed E-state index contributed by atoms with van der Waals surface area (Å²) in [4.78, 5) is 18.7. The average molecular weight is 580 g/mol. The van der Waals surface area contributed by atoms with Gasteiger partial charge < -0.3 is 18.9 Å². The second-order valence-corrected chi connectivity index (χ2v) is 10.5. The predicted molar refractivity (Wildman–Crippen MR) is 149 cm³/mol. The number of rotatable bonds is 7. The lowest BCUT2D eigenvalue weighted by atomic mass is 10.0. The van der Waals surface area contributed by atoms with Crippen LogP contribution in [0.3, 0.4) is 0 Å². The Balaban J connectivity index is 1.52. The molecule has 1 aliphatic carbocycles. The number of ether oxygens (including phenoxy) is 2. The molecule has 42 heavy (non-hydrogen) atoms. The summed E-state index contributed by atoms with van der Waals surface area (Å²) in [7, 11) is 8.18. The second-order valence-electron chi connectivity index (χ2n) is 10.5. The Hall–Kier alpha value is -4.81. The number of alkyl halides is 3. The number of hydrogen-bond donors (Lipinski definition) is 0. The fourth-order valence-corrected chi connectivity index (χ4v) is 5.21. The molecule has 13 heteroatoms. The molecule has 0 atom stereocenters. The van der Waals surface area contributed by atoms with Gasteiger partial charge >= 0.3 is 6.36 Å². The first-order chi connectivity index (χ1) is 19.9. The standard InChI is InChI=1S/C29H28F3N7O3/c1-36(2)28(40)17-11-12-19(23(13-17)42-29(30,31)32)26-33-24(25(38(26)4)16-9-10-16)18-7-6-8-21-20(18)14-39(34-21)22-15-37(3)35-27(22)41-5/h6-8,11-16H,9-10H2,1-5H3. The van der Waals surface area contributed by atoms with Crippen molar-refractivity contribution in [3.63, 3.8) is 0 Å². The molecule has 0 spiro atoms. The number of halogens is 3. The first kappa shape index (κ1) is 27.4. The SMILES string of the molecule is COc1nn(C)cc1-n1cc2c(-c3nc(-c4ccc(C(=O)N(C)C)cc4OC(F)(F)F)n(C)c3C3CC3)cccc2n1. The minimum Gasteiger partial charge on any atom is -0.478 e. The third-order valence-electron chi connectivity index (χ3n) is 7.23. The van der Waals surface area contributed by atoms with Crippen molar-refractivity contribution in [2.75, 3.05) is 21.2 Å². The van der Waals surface area contributed by atoms with Crippen LogP contribution in [0.4, 0.5) is 13.2 Å². The van der Waals surface area contributed by atoms with Gasteiger partial charge in [0.15, 0.2) is 0 Å². The molecule has 218 valence electrons. The van der Waals surface area contributed by atoms with E-state index < -0.39 is 18.0 Å². The van der Waals surface area contributed by atoms with Crippen LogP contribution < -0.4 is 9.47 Å². The highest BCUT2D eigenvalue weighted by Gasteiger charge is 2.36. The molecule has 1 aliphatic rings. The van der Waals surface area contributed by atoms with Crippen molar-refractivity contribution >= 4 is 16.8 Å². The number of aromatic nitrogens is 6. The molecule has 0 saturated heterocycles. The zero-order valence-electron chi connectivity index (χ0n) is 23.6. The normalized spacial score (nSPS) is 13.5. The van der Waals surface area contributed by atoms with E-state index in [2.05, 4.69) is 9.84 Å². The monoisotopic (exact) mass is 579 g/mol. The molecule has 1 saturated carbocycles.